The number of aryl methyl sites for hydroxylation is 1. The van der Waals surface area contributed by atoms with Gasteiger partial charge in [0.2, 0.25) is 0 Å². The Labute approximate surface area is 116 Å². The van der Waals surface area contributed by atoms with Gasteiger partial charge >= 0.3 is 0 Å². The highest BCUT2D eigenvalue weighted by atomic mass is 16.5. The van der Waals surface area contributed by atoms with Crippen molar-refractivity contribution in [2.45, 2.75) is 51.0 Å². The van der Waals surface area contributed by atoms with E-state index >= 15 is 0 Å². The first-order valence-corrected chi connectivity index (χ1v) is 7.49. The van der Waals surface area contributed by atoms with Crippen LogP contribution in [0.3, 0.4) is 0 Å². The molecule has 0 aliphatic heterocycles. The largest absolute Gasteiger partial charge is 0.493 e. The van der Waals surface area contributed by atoms with E-state index in [9.17, 15) is 0 Å². The molecule has 0 bridgehead atoms. The van der Waals surface area contributed by atoms with Crippen LogP contribution in [0.15, 0.2) is 6.20 Å². The van der Waals surface area contributed by atoms with E-state index in [1.54, 1.807) is 13.3 Å². The number of nitrogens with one attached hydrogen (secondary N) is 1. The molecule has 0 aromatic carbocycles. The molecule has 1 aromatic heterocycles. The standard InChI is InChI=1S/C15H27N3O/c1-16-13(10-9-12-7-5-4-6-8-12)15-14(19-3)11-17-18(15)2/h11-13,16H,4-10H2,1-3H3. The molecule has 1 aliphatic rings. The molecule has 1 fully saturated rings. The van der Waals surface area contributed by atoms with Crippen LogP contribution in [-0.4, -0.2) is 23.9 Å². The van der Waals surface area contributed by atoms with Crippen molar-refractivity contribution in [2.75, 3.05) is 14.2 Å². The first-order valence-electron chi connectivity index (χ1n) is 7.49. The van der Waals surface area contributed by atoms with Crippen LogP contribution in [0, 0.1) is 5.92 Å². The average Bonchev–Trinajstić information content (AvgIpc) is 2.82. The summed E-state index contributed by atoms with van der Waals surface area (Å²) in [4.78, 5) is 0. The van der Waals surface area contributed by atoms with E-state index in [2.05, 4.69) is 10.4 Å². The summed E-state index contributed by atoms with van der Waals surface area (Å²) in [5, 5.41) is 7.72. The molecule has 0 spiro atoms. The third-order valence-corrected chi connectivity index (χ3v) is 4.44. The second-order valence-electron chi connectivity index (χ2n) is 5.64. The van der Waals surface area contributed by atoms with Crippen molar-refractivity contribution in [3.63, 3.8) is 0 Å². The first-order chi connectivity index (χ1) is 9.26. The maximum atomic E-state index is 5.42. The minimum Gasteiger partial charge on any atom is -0.493 e. The normalized spacial score (nSPS) is 18.5. The lowest BCUT2D eigenvalue weighted by atomic mass is 9.85. The van der Waals surface area contributed by atoms with Crippen LogP contribution in [0.1, 0.15) is 56.7 Å². The van der Waals surface area contributed by atoms with Gasteiger partial charge in [-0.05, 0) is 25.8 Å². The fourth-order valence-electron chi connectivity index (χ4n) is 3.28. The van der Waals surface area contributed by atoms with E-state index in [0.29, 0.717) is 6.04 Å². The maximum Gasteiger partial charge on any atom is 0.161 e. The van der Waals surface area contributed by atoms with Crippen LogP contribution in [-0.2, 0) is 7.05 Å². The second-order valence-corrected chi connectivity index (χ2v) is 5.64. The van der Waals surface area contributed by atoms with Gasteiger partial charge in [-0.1, -0.05) is 32.1 Å². The Hall–Kier alpha value is -1.03. The van der Waals surface area contributed by atoms with Crippen LogP contribution in [0.2, 0.25) is 0 Å². The number of nitrogens with zero attached hydrogens (tertiary/aromatic N) is 2. The summed E-state index contributed by atoms with van der Waals surface area (Å²) in [5.74, 6) is 1.81. The summed E-state index contributed by atoms with van der Waals surface area (Å²) in [6.07, 6.45) is 11.4. The molecule has 1 saturated carbocycles. The summed E-state index contributed by atoms with van der Waals surface area (Å²) in [6, 6.07) is 0.337. The maximum absolute atomic E-state index is 5.42. The van der Waals surface area contributed by atoms with Crippen LogP contribution in [0.4, 0.5) is 0 Å². The number of hydrogen-bond donors (Lipinski definition) is 1. The fourth-order valence-corrected chi connectivity index (χ4v) is 3.28. The lowest BCUT2D eigenvalue weighted by molar-refractivity contribution is 0.311. The number of hydrogen-bond acceptors (Lipinski definition) is 3. The predicted molar refractivity (Wildman–Crippen MR) is 77.4 cm³/mol. The minimum absolute atomic E-state index is 0.337. The zero-order valence-corrected chi connectivity index (χ0v) is 12.5. The average molecular weight is 265 g/mol. The summed E-state index contributed by atoms with van der Waals surface area (Å²) in [5.41, 5.74) is 1.17. The van der Waals surface area contributed by atoms with Crippen LogP contribution < -0.4 is 10.1 Å². The lowest BCUT2D eigenvalue weighted by Gasteiger charge is -2.24. The number of ether oxygens (including phenoxy) is 1. The fraction of sp³-hybridized carbons (Fsp3) is 0.800. The van der Waals surface area contributed by atoms with Crippen molar-refractivity contribution in [1.29, 1.82) is 0 Å². The van der Waals surface area contributed by atoms with Crippen LogP contribution in [0.25, 0.3) is 0 Å². The monoisotopic (exact) mass is 265 g/mol. The zero-order chi connectivity index (χ0) is 13.7. The first kappa shape index (κ1) is 14.4. The van der Waals surface area contributed by atoms with Crippen molar-refractivity contribution < 1.29 is 4.74 Å². The highest BCUT2D eigenvalue weighted by Crippen LogP contribution is 2.32. The molecule has 1 N–H and O–H groups in total. The Balaban J connectivity index is 1.97. The highest BCUT2D eigenvalue weighted by Gasteiger charge is 2.21. The van der Waals surface area contributed by atoms with Gasteiger partial charge in [0.15, 0.2) is 5.75 Å². The van der Waals surface area contributed by atoms with Gasteiger partial charge in [-0.2, -0.15) is 5.10 Å². The number of aromatic nitrogens is 2. The molecule has 0 saturated heterocycles. The van der Waals surface area contributed by atoms with E-state index in [0.717, 1.165) is 18.1 Å². The molecule has 4 nitrogen and oxygen atoms in total. The Morgan fingerprint density at radius 1 is 1.42 bits per heavy atom. The molecule has 19 heavy (non-hydrogen) atoms. The van der Waals surface area contributed by atoms with Gasteiger partial charge in [0.1, 0.15) is 0 Å². The quantitative estimate of drug-likeness (QED) is 0.859. The van der Waals surface area contributed by atoms with Gasteiger partial charge in [-0.15, -0.1) is 0 Å². The van der Waals surface area contributed by atoms with Gasteiger partial charge in [-0.3, -0.25) is 4.68 Å². The Morgan fingerprint density at radius 3 is 2.79 bits per heavy atom. The van der Waals surface area contributed by atoms with Crippen molar-refractivity contribution in [3.8, 4) is 5.75 Å². The van der Waals surface area contributed by atoms with Crippen LogP contribution >= 0.6 is 0 Å². The summed E-state index contributed by atoms with van der Waals surface area (Å²) in [6.45, 7) is 0. The summed E-state index contributed by atoms with van der Waals surface area (Å²) >= 11 is 0. The van der Waals surface area contributed by atoms with Gasteiger partial charge in [0.25, 0.3) is 0 Å². The molecule has 0 amide bonds. The smallest absolute Gasteiger partial charge is 0.161 e. The molecule has 0 radical (unpaired) electrons. The Kier molecular flexibility index (Phi) is 5.25. The predicted octanol–water partition coefficient (Wildman–Crippen LogP) is 3.05. The summed E-state index contributed by atoms with van der Waals surface area (Å²) in [7, 11) is 5.73. The Morgan fingerprint density at radius 2 is 2.16 bits per heavy atom. The number of methoxy groups -OCH3 is 1. The lowest BCUT2D eigenvalue weighted by Crippen LogP contribution is -2.21. The molecule has 108 valence electrons. The molecule has 1 unspecified atom stereocenters. The van der Waals surface area contributed by atoms with E-state index in [4.69, 9.17) is 4.74 Å². The molecule has 1 atom stereocenters. The SMILES string of the molecule is CNC(CCC1CCCCC1)c1c(OC)cnn1C. The molecule has 2 rings (SSSR count). The zero-order valence-electron chi connectivity index (χ0n) is 12.5. The second kappa shape index (κ2) is 6.94. The molecule has 4 heteroatoms. The molecular weight excluding hydrogens is 238 g/mol. The Bertz CT molecular complexity index is 383. The van der Waals surface area contributed by atoms with E-state index in [1.807, 2.05) is 18.8 Å². The van der Waals surface area contributed by atoms with Crippen molar-refractivity contribution in [2.24, 2.45) is 13.0 Å². The number of rotatable bonds is 6. The third kappa shape index (κ3) is 3.50. The molecule has 1 heterocycles. The highest BCUT2D eigenvalue weighted by molar-refractivity contribution is 5.28. The van der Waals surface area contributed by atoms with E-state index in [-0.39, 0.29) is 0 Å². The molecule has 1 aliphatic carbocycles. The summed E-state index contributed by atoms with van der Waals surface area (Å²) < 4.78 is 7.35. The van der Waals surface area contributed by atoms with Crippen molar-refractivity contribution in [3.05, 3.63) is 11.9 Å². The minimum atomic E-state index is 0.337. The van der Waals surface area contributed by atoms with Crippen molar-refractivity contribution >= 4 is 0 Å². The molecular formula is C15H27N3O. The van der Waals surface area contributed by atoms with Gasteiger partial charge in [0, 0.05) is 7.05 Å². The van der Waals surface area contributed by atoms with Crippen molar-refractivity contribution in [1.82, 2.24) is 15.1 Å². The van der Waals surface area contributed by atoms with Gasteiger partial charge in [-0.25, -0.2) is 0 Å². The third-order valence-electron chi connectivity index (χ3n) is 4.44. The topological polar surface area (TPSA) is 39.1 Å². The van der Waals surface area contributed by atoms with Gasteiger partial charge < -0.3 is 10.1 Å². The van der Waals surface area contributed by atoms with Gasteiger partial charge in [0.05, 0.1) is 25.0 Å². The molecule has 1 aromatic rings. The van der Waals surface area contributed by atoms with E-state index in [1.165, 1.54) is 44.2 Å². The van der Waals surface area contributed by atoms with Crippen LogP contribution in [0.5, 0.6) is 5.75 Å². The van der Waals surface area contributed by atoms with E-state index < -0.39 is 0 Å².